The van der Waals surface area contributed by atoms with Crippen molar-refractivity contribution in [1.82, 2.24) is 0 Å². The second-order valence-corrected chi connectivity index (χ2v) is 1.88. The lowest BCUT2D eigenvalue weighted by Gasteiger charge is -1.90. The van der Waals surface area contributed by atoms with E-state index in [1.165, 1.54) is 0 Å². The van der Waals surface area contributed by atoms with Gasteiger partial charge >= 0.3 is 0 Å². The zero-order valence-electron chi connectivity index (χ0n) is 6.24. The van der Waals surface area contributed by atoms with Gasteiger partial charge in [-0.05, 0) is 6.42 Å². The van der Waals surface area contributed by atoms with Gasteiger partial charge < -0.3 is 5.73 Å². The van der Waals surface area contributed by atoms with E-state index >= 15 is 0 Å². The second-order valence-electron chi connectivity index (χ2n) is 1.88. The average molecular weight is 116 g/mol. The Morgan fingerprint density at radius 3 is 3.00 bits per heavy atom. The van der Waals surface area contributed by atoms with Gasteiger partial charge in [-0.2, -0.15) is 0 Å². The molecule has 0 atom stereocenters. The summed E-state index contributed by atoms with van der Waals surface area (Å²) in [5.41, 5.74) is 1.83. The van der Waals surface area contributed by atoms with Gasteiger partial charge in [-0.25, -0.2) is 0 Å². The topological polar surface area (TPSA) is 43.1 Å². The van der Waals surface area contributed by atoms with Crippen LogP contribution < -0.4 is 5.73 Å². The van der Waals surface area contributed by atoms with Crippen molar-refractivity contribution in [2.45, 2.75) is 32.6 Å². The molecule has 0 aromatic carbocycles. The van der Waals surface area contributed by atoms with E-state index < -0.39 is 0 Å². The molecule has 0 radical (unpaired) electrons. The van der Waals surface area contributed by atoms with Crippen molar-refractivity contribution in [3.63, 3.8) is 0 Å². The molecule has 0 spiro atoms. The lowest BCUT2D eigenvalue weighted by atomic mass is 10.2. The molecule has 0 unspecified atom stereocenters. The molecule has 8 heavy (non-hydrogen) atoms. The average Bonchev–Trinajstić information content (AvgIpc) is 1.89. The van der Waals surface area contributed by atoms with Gasteiger partial charge in [0.15, 0.2) is 1.41 Å². The van der Waals surface area contributed by atoms with Crippen molar-refractivity contribution < 1.29 is 6.21 Å². The highest BCUT2D eigenvalue weighted by molar-refractivity contribution is 5.73. The Kier molecular flexibility index (Phi) is 3.24. The zero-order valence-corrected chi connectivity index (χ0v) is 5.24. The zero-order chi connectivity index (χ0) is 7.11. The van der Waals surface area contributed by atoms with Gasteiger partial charge in [0.25, 0.3) is 0 Å². The normalized spacial score (nSPS) is 10.4. The van der Waals surface area contributed by atoms with Crippen molar-refractivity contribution in [3.05, 3.63) is 0 Å². The van der Waals surface area contributed by atoms with Crippen LogP contribution in [0.3, 0.4) is 0 Å². The van der Waals surface area contributed by atoms with E-state index in [1.54, 1.807) is 0 Å². The van der Waals surface area contributed by atoms with E-state index in [-0.39, 0.29) is 5.91 Å². The molecular formula is C6H13NO. The monoisotopic (exact) mass is 116 g/mol. The summed E-state index contributed by atoms with van der Waals surface area (Å²) in [4.78, 5) is 10.4. The molecule has 0 saturated carbocycles. The summed E-state index contributed by atoms with van der Waals surface area (Å²) < 4.78 is 6.44. The van der Waals surface area contributed by atoms with E-state index in [9.17, 15) is 4.79 Å². The number of carbonyl (C=O) groups is 1. The van der Waals surface area contributed by atoms with Crippen molar-refractivity contribution >= 4 is 5.91 Å². The van der Waals surface area contributed by atoms with Crippen LogP contribution in [-0.2, 0) is 4.79 Å². The van der Waals surface area contributed by atoms with Crippen molar-refractivity contribution in [2.24, 2.45) is 5.73 Å². The van der Waals surface area contributed by atoms with Crippen LogP contribution in [-0.4, -0.2) is 5.91 Å². The van der Waals surface area contributed by atoms with Gasteiger partial charge in [0, 0.05) is 6.42 Å². The molecular weight excluding hydrogens is 102 g/mol. The fourth-order valence-electron chi connectivity index (χ4n) is 0.536. The minimum Gasteiger partial charge on any atom is -0.370 e. The van der Waals surface area contributed by atoms with Gasteiger partial charge in [0.1, 0.15) is 0 Å². The Labute approximate surface area is 51.5 Å². The van der Waals surface area contributed by atoms with Gasteiger partial charge in [0.05, 0.1) is 0 Å². The molecule has 2 heteroatoms. The van der Waals surface area contributed by atoms with Crippen LogP contribution >= 0.6 is 0 Å². The summed E-state index contributed by atoms with van der Waals surface area (Å²) >= 11 is 0. The third-order valence-electron chi connectivity index (χ3n) is 1.01. The van der Waals surface area contributed by atoms with Gasteiger partial charge in [-0.1, -0.05) is 19.8 Å². The predicted molar refractivity (Wildman–Crippen MR) is 33.3 cm³/mol. The number of unbranched alkanes of at least 4 members (excludes halogenated alkanes) is 2. The van der Waals surface area contributed by atoms with Crippen molar-refractivity contribution in [2.75, 3.05) is 0 Å². The first-order valence-electron chi connectivity index (χ1n) is 3.51. The first kappa shape index (κ1) is 5.60. The largest absolute Gasteiger partial charge is 0.370 e. The summed E-state index contributed by atoms with van der Waals surface area (Å²) in [5, 5.41) is 0. The fraction of sp³-hybridized carbons (Fsp3) is 0.833. The molecule has 0 aromatic heterocycles. The highest BCUT2D eigenvalue weighted by atomic mass is 16.1. The summed E-state index contributed by atoms with van der Waals surface area (Å²) in [6.07, 6.45) is 3.59. The predicted octanol–water partition coefficient (Wildman–Crippen LogP) is 1.05. The first-order valence-corrected chi connectivity index (χ1v) is 3.01. The number of amides is 1. The molecule has 2 N–H and O–H groups in total. The molecule has 2 nitrogen and oxygen atoms in total. The molecule has 1 amide bonds. The molecule has 0 saturated heterocycles. The van der Waals surface area contributed by atoms with Crippen LogP contribution in [0.5, 0.6) is 0 Å². The Balaban J connectivity index is 2.97. The maximum absolute atomic E-state index is 10.4. The minimum atomic E-state index is -0.177. The summed E-state index contributed by atoms with van der Waals surface area (Å²) in [6, 6.07) is 0. The number of carbonyl (C=O) groups excluding carboxylic acids is 1. The van der Waals surface area contributed by atoms with E-state index in [0.717, 1.165) is 19.3 Å². The van der Waals surface area contributed by atoms with Crippen molar-refractivity contribution in [1.29, 1.82) is 0 Å². The molecule has 0 bridgehead atoms. The number of nitrogens with two attached hydrogens (primary N) is 1. The number of primary amides is 1. The van der Waals surface area contributed by atoms with Crippen LogP contribution in [0.2, 0.25) is 1.41 Å². The Bertz CT molecular complexity index is 85.1. The Morgan fingerprint density at radius 1 is 1.75 bits per heavy atom. The van der Waals surface area contributed by atoms with E-state index in [0.29, 0.717) is 6.42 Å². The third kappa shape index (κ3) is 5.47. The highest BCUT2D eigenvalue weighted by Gasteiger charge is 1.90. The quantitative estimate of drug-likeness (QED) is 0.548. The maximum Gasteiger partial charge on any atom is 0.217 e. The molecule has 0 heterocycles. The molecule has 0 aromatic rings. The van der Waals surface area contributed by atoms with Gasteiger partial charge in [-0.15, -0.1) is 0 Å². The SMILES string of the molecule is [2H]NC(=O)CCCCC. The minimum absolute atomic E-state index is 0.177. The number of hydrogen-bond acceptors (Lipinski definition) is 1. The molecule has 0 aliphatic carbocycles. The van der Waals surface area contributed by atoms with Crippen LogP contribution in [0, 0.1) is 0 Å². The molecule has 0 fully saturated rings. The van der Waals surface area contributed by atoms with Gasteiger partial charge in [-0.3, -0.25) is 4.79 Å². The van der Waals surface area contributed by atoms with E-state index in [4.69, 9.17) is 1.41 Å². The molecule has 0 aliphatic rings. The Morgan fingerprint density at radius 2 is 2.50 bits per heavy atom. The smallest absolute Gasteiger partial charge is 0.217 e. The van der Waals surface area contributed by atoms with Gasteiger partial charge in [0.2, 0.25) is 5.91 Å². The summed E-state index contributed by atoms with van der Waals surface area (Å²) in [6.45, 7) is 2.08. The standard InChI is InChI=1S/C6H13NO/c1-2-3-4-5-6(7)8/h2-5H2,1H3,(H2,7,8)/i/hD. The van der Waals surface area contributed by atoms with Crippen LogP contribution in [0.4, 0.5) is 0 Å². The number of rotatable bonds is 4. The second kappa shape index (κ2) is 4.62. The highest BCUT2D eigenvalue weighted by Crippen LogP contribution is 1.96. The first-order chi connectivity index (χ1) is 4.31. The maximum atomic E-state index is 10.4. The fourth-order valence-corrected chi connectivity index (χ4v) is 0.536. The van der Waals surface area contributed by atoms with Crippen LogP contribution in [0.15, 0.2) is 0 Å². The van der Waals surface area contributed by atoms with Crippen LogP contribution in [0.25, 0.3) is 0 Å². The molecule has 48 valence electrons. The van der Waals surface area contributed by atoms with E-state index in [1.807, 2.05) is 5.73 Å². The van der Waals surface area contributed by atoms with E-state index in [2.05, 4.69) is 6.92 Å². The molecule has 0 aliphatic heterocycles. The van der Waals surface area contributed by atoms with Crippen LogP contribution in [0.1, 0.15) is 32.6 Å². The number of hydrogen-bond donors (Lipinski definition) is 1. The Hall–Kier alpha value is -0.530. The third-order valence-corrected chi connectivity index (χ3v) is 1.01. The lowest BCUT2D eigenvalue weighted by molar-refractivity contribution is -0.118. The summed E-state index contributed by atoms with van der Waals surface area (Å²) in [7, 11) is 0. The van der Waals surface area contributed by atoms with Crippen molar-refractivity contribution in [3.8, 4) is 0 Å². The lowest BCUT2D eigenvalue weighted by Crippen LogP contribution is -2.09. The molecule has 0 rings (SSSR count). The summed E-state index contributed by atoms with van der Waals surface area (Å²) in [5.74, 6) is -0.177.